The number of halogens is 2. The van der Waals surface area contributed by atoms with E-state index in [1.165, 1.54) is 0 Å². The Hall–Kier alpha value is -1.99. The van der Waals surface area contributed by atoms with Crippen LogP contribution in [0.5, 0.6) is 11.5 Å². The summed E-state index contributed by atoms with van der Waals surface area (Å²) in [6, 6.07) is 12.8. The molecule has 0 saturated carbocycles. The minimum Gasteiger partial charge on any atom is -0.497 e. The molecular weight excluding hydrogens is 427 g/mol. The average Bonchev–Trinajstić information content (AvgIpc) is 2.76. The number of hydrogen-bond donors (Lipinski definition) is 1. The highest BCUT2D eigenvalue weighted by atomic mass is 35.5. The number of carbonyl (C=O) groups excluding carboxylic acids is 1. The smallest absolute Gasteiger partial charge is 0.260 e. The van der Waals surface area contributed by atoms with Crippen LogP contribution >= 0.6 is 23.2 Å². The summed E-state index contributed by atoms with van der Waals surface area (Å²) in [5.74, 6) is 1.00. The third-order valence-electron chi connectivity index (χ3n) is 5.02. The van der Waals surface area contributed by atoms with Crippen molar-refractivity contribution in [2.24, 2.45) is 0 Å². The van der Waals surface area contributed by atoms with Gasteiger partial charge in [0.05, 0.1) is 31.4 Å². The first-order chi connectivity index (χ1) is 14.5. The fourth-order valence-corrected chi connectivity index (χ4v) is 3.78. The van der Waals surface area contributed by atoms with Crippen LogP contribution in [-0.2, 0) is 9.53 Å². The summed E-state index contributed by atoms with van der Waals surface area (Å²) in [4.78, 5) is 15.0. The van der Waals surface area contributed by atoms with Gasteiger partial charge >= 0.3 is 0 Å². The second-order valence-corrected chi connectivity index (χ2v) is 7.86. The van der Waals surface area contributed by atoms with Gasteiger partial charge in [-0.25, -0.2) is 0 Å². The van der Waals surface area contributed by atoms with Crippen LogP contribution in [0.2, 0.25) is 10.0 Å². The van der Waals surface area contributed by atoms with Crippen LogP contribution in [0.4, 0.5) is 0 Å². The molecule has 1 heterocycles. The summed E-state index contributed by atoms with van der Waals surface area (Å²) in [5.41, 5.74) is 1.10. The lowest BCUT2D eigenvalue weighted by molar-refractivity contribution is -0.127. The zero-order chi connectivity index (χ0) is 21.5. The molecule has 0 bridgehead atoms. The molecule has 0 radical (unpaired) electrons. The molecule has 1 amide bonds. The van der Waals surface area contributed by atoms with Crippen molar-refractivity contribution < 1.29 is 19.0 Å². The van der Waals surface area contributed by atoms with Gasteiger partial charge < -0.3 is 19.5 Å². The largest absolute Gasteiger partial charge is 0.497 e. The van der Waals surface area contributed by atoms with Gasteiger partial charge in [0.25, 0.3) is 5.91 Å². The number of morpholine rings is 1. The number of amides is 1. The van der Waals surface area contributed by atoms with Crippen molar-refractivity contribution in [1.29, 1.82) is 0 Å². The highest BCUT2D eigenvalue weighted by Crippen LogP contribution is 2.28. The zero-order valence-corrected chi connectivity index (χ0v) is 18.6. The number of rotatable bonds is 8. The molecule has 1 aliphatic rings. The Morgan fingerprint density at radius 1 is 1.17 bits per heavy atom. The van der Waals surface area contributed by atoms with E-state index in [0.29, 0.717) is 35.6 Å². The lowest BCUT2D eigenvalue weighted by Crippen LogP contribution is -2.45. The average molecular weight is 453 g/mol. The summed E-state index contributed by atoms with van der Waals surface area (Å²) in [7, 11) is 1.64. The van der Waals surface area contributed by atoms with E-state index < -0.39 is 6.10 Å². The monoisotopic (exact) mass is 452 g/mol. The molecule has 8 heteroatoms. The summed E-state index contributed by atoms with van der Waals surface area (Å²) < 4.78 is 16.5. The van der Waals surface area contributed by atoms with E-state index in [1.807, 2.05) is 24.3 Å². The van der Waals surface area contributed by atoms with E-state index in [9.17, 15) is 4.79 Å². The number of methoxy groups -OCH3 is 1. The first-order valence-electron chi connectivity index (χ1n) is 9.83. The normalized spacial score (nSPS) is 16.5. The highest BCUT2D eigenvalue weighted by molar-refractivity contribution is 6.35. The van der Waals surface area contributed by atoms with Crippen LogP contribution in [0.1, 0.15) is 18.5 Å². The maximum Gasteiger partial charge on any atom is 0.260 e. The Labute approximate surface area is 187 Å². The molecule has 1 fully saturated rings. The number of benzene rings is 2. The molecule has 3 rings (SSSR count). The zero-order valence-electron chi connectivity index (χ0n) is 17.1. The molecule has 2 atom stereocenters. The van der Waals surface area contributed by atoms with Crippen molar-refractivity contribution in [3.05, 3.63) is 58.1 Å². The molecule has 1 N–H and O–H groups in total. The Balaban J connectivity index is 1.65. The number of hydrogen-bond acceptors (Lipinski definition) is 5. The highest BCUT2D eigenvalue weighted by Gasteiger charge is 2.25. The van der Waals surface area contributed by atoms with Crippen molar-refractivity contribution in [1.82, 2.24) is 10.2 Å². The second-order valence-electron chi connectivity index (χ2n) is 7.02. The summed E-state index contributed by atoms with van der Waals surface area (Å²) >= 11 is 12.1. The topological polar surface area (TPSA) is 60.0 Å². The number of nitrogens with zero attached hydrogens (tertiary/aromatic N) is 1. The van der Waals surface area contributed by atoms with Gasteiger partial charge in [-0.2, -0.15) is 0 Å². The molecule has 2 aromatic carbocycles. The molecule has 162 valence electrons. The molecule has 0 aromatic heterocycles. The van der Waals surface area contributed by atoms with Crippen molar-refractivity contribution in [3.63, 3.8) is 0 Å². The Morgan fingerprint density at radius 3 is 2.50 bits per heavy atom. The standard InChI is InChI=1S/C22H26Cl2N2O4/c1-15(30-21-8-5-17(23)13-19(21)24)22(27)25-14-20(26-9-11-29-12-10-26)16-3-6-18(28-2)7-4-16/h3-8,13,15,20H,9-12,14H2,1-2H3,(H,25,27). The molecule has 2 unspecified atom stereocenters. The van der Waals surface area contributed by atoms with Gasteiger partial charge in [-0.05, 0) is 42.8 Å². The van der Waals surface area contributed by atoms with E-state index >= 15 is 0 Å². The molecule has 0 spiro atoms. The number of ether oxygens (including phenoxy) is 3. The van der Waals surface area contributed by atoms with Crippen LogP contribution in [0.25, 0.3) is 0 Å². The van der Waals surface area contributed by atoms with E-state index in [4.69, 9.17) is 37.4 Å². The van der Waals surface area contributed by atoms with Gasteiger partial charge in [0, 0.05) is 24.7 Å². The molecule has 6 nitrogen and oxygen atoms in total. The molecule has 30 heavy (non-hydrogen) atoms. The second kappa shape index (κ2) is 10.9. The van der Waals surface area contributed by atoms with Crippen molar-refractivity contribution in [3.8, 4) is 11.5 Å². The van der Waals surface area contributed by atoms with Gasteiger partial charge in [0.15, 0.2) is 6.10 Å². The minimum atomic E-state index is -0.704. The van der Waals surface area contributed by atoms with Crippen LogP contribution in [-0.4, -0.2) is 56.9 Å². The maximum atomic E-state index is 12.7. The van der Waals surface area contributed by atoms with Gasteiger partial charge in [0.1, 0.15) is 11.5 Å². The number of nitrogens with one attached hydrogen (secondary N) is 1. The molecular formula is C22H26Cl2N2O4. The summed E-state index contributed by atoms with van der Waals surface area (Å²) in [6.45, 7) is 5.10. The lowest BCUT2D eigenvalue weighted by atomic mass is 10.0. The fourth-order valence-electron chi connectivity index (χ4n) is 3.33. The Morgan fingerprint density at radius 2 is 1.87 bits per heavy atom. The van der Waals surface area contributed by atoms with Gasteiger partial charge in [-0.3, -0.25) is 9.69 Å². The van der Waals surface area contributed by atoms with Crippen LogP contribution in [0, 0.1) is 0 Å². The lowest BCUT2D eigenvalue weighted by Gasteiger charge is -2.35. The Bertz CT molecular complexity index is 842. The first-order valence-corrected chi connectivity index (χ1v) is 10.6. The predicted molar refractivity (Wildman–Crippen MR) is 118 cm³/mol. The SMILES string of the molecule is COc1ccc(C(CNC(=O)C(C)Oc2ccc(Cl)cc2Cl)N2CCOCC2)cc1. The number of carbonyl (C=O) groups is 1. The quantitative estimate of drug-likeness (QED) is 0.656. The molecule has 0 aliphatic carbocycles. The molecule has 1 saturated heterocycles. The summed E-state index contributed by atoms with van der Waals surface area (Å²) in [6.07, 6.45) is -0.704. The van der Waals surface area contributed by atoms with E-state index in [-0.39, 0.29) is 11.9 Å². The van der Waals surface area contributed by atoms with E-state index in [0.717, 1.165) is 24.4 Å². The summed E-state index contributed by atoms with van der Waals surface area (Å²) in [5, 5.41) is 3.89. The predicted octanol–water partition coefficient (Wildman–Crippen LogP) is 3.96. The fraction of sp³-hybridized carbons (Fsp3) is 0.409. The van der Waals surface area contributed by atoms with E-state index in [2.05, 4.69) is 10.2 Å². The van der Waals surface area contributed by atoms with Gasteiger partial charge in [0.2, 0.25) is 0 Å². The van der Waals surface area contributed by atoms with Gasteiger partial charge in [-0.1, -0.05) is 35.3 Å². The van der Waals surface area contributed by atoms with Crippen LogP contribution in [0.15, 0.2) is 42.5 Å². The molecule has 1 aliphatic heterocycles. The van der Waals surface area contributed by atoms with Crippen molar-refractivity contribution in [2.45, 2.75) is 19.1 Å². The third-order valence-corrected chi connectivity index (χ3v) is 5.55. The Kier molecular flexibility index (Phi) is 8.22. The van der Waals surface area contributed by atoms with Crippen LogP contribution < -0.4 is 14.8 Å². The molecule has 2 aromatic rings. The maximum absolute atomic E-state index is 12.7. The first kappa shape index (κ1) is 22.7. The van der Waals surface area contributed by atoms with Crippen LogP contribution in [0.3, 0.4) is 0 Å². The van der Waals surface area contributed by atoms with Gasteiger partial charge in [-0.15, -0.1) is 0 Å². The van der Waals surface area contributed by atoms with Crippen molar-refractivity contribution in [2.75, 3.05) is 40.0 Å². The third kappa shape index (κ3) is 6.01. The minimum absolute atomic E-state index is 0.0232. The van der Waals surface area contributed by atoms with Crippen molar-refractivity contribution >= 4 is 29.1 Å². The van der Waals surface area contributed by atoms with E-state index in [1.54, 1.807) is 32.2 Å².